The number of aromatic nitrogens is 3. The van der Waals surface area contributed by atoms with Gasteiger partial charge in [0.1, 0.15) is 5.65 Å². The van der Waals surface area contributed by atoms with Crippen LogP contribution in [0, 0.1) is 5.92 Å². The Bertz CT molecular complexity index is 842. The third kappa shape index (κ3) is 5.01. The van der Waals surface area contributed by atoms with Crippen LogP contribution in [-0.2, 0) is 0 Å². The molecule has 1 unspecified atom stereocenters. The number of ether oxygens (including phenoxy) is 1. The Balaban J connectivity index is 1.65. The topological polar surface area (TPSA) is 104 Å². The van der Waals surface area contributed by atoms with Gasteiger partial charge in [-0.3, -0.25) is 4.99 Å². The van der Waals surface area contributed by atoms with Crippen LogP contribution in [0.3, 0.4) is 0 Å². The van der Waals surface area contributed by atoms with Gasteiger partial charge in [0.05, 0.1) is 29.9 Å². The van der Waals surface area contributed by atoms with Crippen LogP contribution in [0.5, 0.6) is 5.88 Å². The first-order valence-electron chi connectivity index (χ1n) is 10.0. The maximum Gasteiger partial charge on any atom is 0.232 e. The van der Waals surface area contributed by atoms with E-state index in [9.17, 15) is 0 Å². The van der Waals surface area contributed by atoms with Gasteiger partial charge in [0.2, 0.25) is 11.8 Å². The van der Waals surface area contributed by atoms with Crippen molar-refractivity contribution in [1.82, 2.24) is 19.9 Å². The van der Waals surface area contributed by atoms with E-state index in [4.69, 9.17) is 15.5 Å². The SMILES string of the molecule is CCOc1nc(NC(=CN)C(C)=NCCN2CCCC(C)C2)nc2[nH]ccc12. The molecule has 8 heteroatoms. The fourth-order valence-electron chi connectivity index (χ4n) is 3.52. The third-order valence-electron chi connectivity index (χ3n) is 4.97. The first kappa shape index (κ1) is 20.1. The number of anilines is 1. The van der Waals surface area contributed by atoms with Crippen LogP contribution in [0.2, 0.25) is 0 Å². The molecule has 2 aromatic rings. The lowest BCUT2D eigenvalue weighted by molar-refractivity contribution is 0.189. The average Bonchev–Trinajstić information content (AvgIpc) is 3.15. The largest absolute Gasteiger partial charge is 0.477 e. The van der Waals surface area contributed by atoms with Crippen molar-refractivity contribution in [3.63, 3.8) is 0 Å². The molecule has 4 N–H and O–H groups in total. The third-order valence-corrected chi connectivity index (χ3v) is 4.97. The molecule has 0 aromatic carbocycles. The van der Waals surface area contributed by atoms with Crippen LogP contribution in [0.1, 0.15) is 33.6 Å². The number of likely N-dealkylation sites (tertiary alicyclic amines) is 1. The Morgan fingerprint density at radius 2 is 2.36 bits per heavy atom. The molecule has 3 heterocycles. The van der Waals surface area contributed by atoms with Gasteiger partial charge >= 0.3 is 0 Å². The highest BCUT2D eigenvalue weighted by Gasteiger charge is 2.15. The Morgan fingerprint density at radius 3 is 3.11 bits per heavy atom. The first-order valence-corrected chi connectivity index (χ1v) is 10.0. The Morgan fingerprint density at radius 1 is 1.50 bits per heavy atom. The van der Waals surface area contributed by atoms with E-state index in [1.807, 2.05) is 26.1 Å². The number of hydrogen-bond donors (Lipinski definition) is 3. The molecule has 0 bridgehead atoms. The van der Waals surface area contributed by atoms with Gasteiger partial charge in [-0.25, -0.2) is 0 Å². The van der Waals surface area contributed by atoms with E-state index in [1.165, 1.54) is 25.6 Å². The van der Waals surface area contributed by atoms with E-state index in [-0.39, 0.29) is 0 Å². The molecular formula is C20H31N7O. The highest BCUT2D eigenvalue weighted by atomic mass is 16.5. The minimum atomic E-state index is 0.425. The molecule has 3 rings (SSSR count). The summed E-state index contributed by atoms with van der Waals surface area (Å²) in [6.45, 7) is 10.8. The quantitative estimate of drug-likeness (QED) is 0.604. The van der Waals surface area contributed by atoms with Gasteiger partial charge in [-0.1, -0.05) is 6.92 Å². The lowest BCUT2D eigenvalue weighted by Gasteiger charge is -2.30. The molecular weight excluding hydrogens is 354 g/mol. The van der Waals surface area contributed by atoms with Crippen LogP contribution in [0.15, 0.2) is 29.2 Å². The van der Waals surface area contributed by atoms with Crippen molar-refractivity contribution >= 4 is 22.7 Å². The van der Waals surface area contributed by atoms with Crippen molar-refractivity contribution in [2.45, 2.75) is 33.6 Å². The highest BCUT2D eigenvalue weighted by Crippen LogP contribution is 2.23. The van der Waals surface area contributed by atoms with Gasteiger partial charge in [0, 0.05) is 25.5 Å². The van der Waals surface area contributed by atoms with Gasteiger partial charge in [-0.15, -0.1) is 0 Å². The summed E-state index contributed by atoms with van der Waals surface area (Å²) in [5.41, 5.74) is 8.08. The fourth-order valence-corrected chi connectivity index (χ4v) is 3.52. The van der Waals surface area contributed by atoms with Crippen LogP contribution in [0.25, 0.3) is 11.0 Å². The summed E-state index contributed by atoms with van der Waals surface area (Å²) in [6, 6.07) is 1.90. The van der Waals surface area contributed by atoms with Crippen molar-refractivity contribution in [1.29, 1.82) is 0 Å². The Hall–Kier alpha value is -2.61. The highest BCUT2D eigenvalue weighted by molar-refractivity contribution is 6.00. The summed E-state index contributed by atoms with van der Waals surface area (Å²) in [7, 11) is 0. The standard InChI is InChI=1S/C20H31N7O/c1-4-28-19-16-7-8-23-18(16)25-20(26-19)24-17(12-21)15(3)22-9-11-27-10-5-6-14(2)13-27/h7-8,12,14H,4-6,9-11,13,21H2,1-3H3,(H2,23,24,25,26). The maximum atomic E-state index is 5.83. The summed E-state index contributed by atoms with van der Waals surface area (Å²) in [6.07, 6.45) is 5.93. The number of fused-ring (bicyclic) bond motifs is 1. The van der Waals surface area contributed by atoms with Gasteiger partial charge < -0.3 is 25.7 Å². The number of rotatable bonds is 8. The smallest absolute Gasteiger partial charge is 0.232 e. The summed E-state index contributed by atoms with van der Waals surface area (Å²) in [5.74, 6) is 1.75. The number of H-pyrrole nitrogens is 1. The van der Waals surface area contributed by atoms with Crippen LogP contribution in [0.4, 0.5) is 5.95 Å². The molecule has 0 radical (unpaired) electrons. The van der Waals surface area contributed by atoms with Crippen molar-refractivity contribution in [3.8, 4) is 5.88 Å². The second-order valence-electron chi connectivity index (χ2n) is 7.25. The number of aromatic amines is 1. The summed E-state index contributed by atoms with van der Waals surface area (Å²) in [4.78, 5) is 19.2. The number of nitrogens with one attached hydrogen (secondary N) is 2. The lowest BCUT2D eigenvalue weighted by atomic mass is 10.0. The molecule has 1 saturated heterocycles. The van der Waals surface area contributed by atoms with Crippen molar-refractivity contribution < 1.29 is 4.74 Å². The molecule has 1 aliphatic heterocycles. The van der Waals surface area contributed by atoms with Gasteiger partial charge in [0.15, 0.2) is 0 Å². The molecule has 2 aromatic heterocycles. The molecule has 152 valence electrons. The Labute approximate surface area is 166 Å². The fraction of sp³-hybridized carbons (Fsp3) is 0.550. The molecule has 0 amide bonds. The molecule has 28 heavy (non-hydrogen) atoms. The van der Waals surface area contributed by atoms with E-state index < -0.39 is 0 Å². The van der Waals surface area contributed by atoms with Crippen molar-refractivity contribution in [3.05, 3.63) is 24.2 Å². The van der Waals surface area contributed by atoms with E-state index in [2.05, 4.69) is 32.1 Å². The van der Waals surface area contributed by atoms with Gasteiger partial charge in [-0.2, -0.15) is 9.97 Å². The number of nitrogens with zero attached hydrogens (tertiary/aromatic N) is 4. The number of allylic oxidation sites excluding steroid dienone is 1. The van der Waals surface area contributed by atoms with E-state index in [1.54, 1.807) is 0 Å². The van der Waals surface area contributed by atoms with Gasteiger partial charge in [-0.05, 0) is 45.2 Å². The van der Waals surface area contributed by atoms with Gasteiger partial charge in [0.25, 0.3) is 0 Å². The van der Waals surface area contributed by atoms with E-state index >= 15 is 0 Å². The summed E-state index contributed by atoms with van der Waals surface area (Å²) >= 11 is 0. The van der Waals surface area contributed by atoms with E-state index in [0.717, 1.165) is 36.7 Å². The average molecular weight is 386 g/mol. The second kappa shape index (κ2) is 9.54. The van der Waals surface area contributed by atoms with Crippen LogP contribution >= 0.6 is 0 Å². The predicted octanol–water partition coefficient (Wildman–Crippen LogP) is 2.76. The van der Waals surface area contributed by atoms with Crippen LogP contribution in [-0.4, -0.2) is 58.3 Å². The maximum absolute atomic E-state index is 5.83. The molecule has 1 aliphatic rings. The van der Waals surface area contributed by atoms with E-state index in [0.29, 0.717) is 29.8 Å². The number of piperidine rings is 1. The minimum Gasteiger partial charge on any atom is -0.477 e. The minimum absolute atomic E-state index is 0.425. The Kier molecular flexibility index (Phi) is 6.86. The first-order chi connectivity index (χ1) is 13.6. The number of aliphatic imine (C=N–C) groups is 1. The normalized spacial score (nSPS) is 19.2. The lowest BCUT2D eigenvalue weighted by Crippen LogP contribution is -2.36. The molecule has 8 nitrogen and oxygen atoms in total. The predicted molar refractivity (Wildman–Crippen MR) is 114 cm³/mol. The molecule has 0 spiro atoms. The van der Waals surface area contributed by atoms with Crippen molar-refractivity contribution in [2.75, 3.05) is 38.1 Å². The summed E-state index contributed by atoms with van der Waals surface area (Å²) in [5, 5.41) is 4.03. The number of nitrogens with two attached hydrogens (primary N) is 1. The zero-order chi connectivity index (χ0) is 19.9. The zero-order valence-electron chi connectivity index (χ0n) is 17.0. The molecule has 0 saturated carbocycles. The molecule has 0 aliphatic carbocycles. The monoisotopic (exact) mass is 385 g/mol. The second-order valence-corrected chi connectivity index (χ2v) is 7.25. The van der Waals surface area contributed by atoms with Crippen molar-refractivity contribution in [2.24, 2.45) is 16.6 Å². The zero-order valence-corrected chi connectivity index (χ0v) is 17.0. The molecule has 1 atom stereocenters. The molecule has 1 fully saturated rings. The van der Waals surface area contributed by atoms with Crippen LogP contribution < -0.4 is 15.8 Å². The number of hydrogen-bond acceptors (Lipinski definition) is 7. The summed E-state index contributed by atoms with van der Waals surface area (Å²) < 4.78 is 5.64.